The third-order valence-electron chi connectivity index (χ3n) is 3.61. The van der Waals surface area contributed by atoms with Crippen molar-refractivity contribution in [3.63, 3.8) is 0 Å². The molecule has 0 fully saturated rings. The molecule has 0 saturated heterocycles. The van der Waals surface area contributed by atoms with Crippen LogP contribution in [-0.4, -0.2) is 21.5 Å². The highest BCUT2D eigenvalue weighted by molar-refractivity contribution is 6.31. The lowest BCUT2D eigenvalue weighted by molar-refractivity contribution is -0.142. The van der Waals surface area contributed by atoms with Crippen molar-refractivity contribution in [1.82, 2.24) is 15.4 Å². The summed E-state index contributed by atoms with van der Waals surface area (Å²) in [5.41, 5.74) is -3.40. The van der Waals surface area contributed by atoms with Crippen molar-refractivity contribution in [2.75, 3.05) is 0 Å². The summed E-state index contributed by atoms with van der Waals surface area (Å²) in [5.74, 6) is -2.92. The molecule has 1 aliphatic rings. The Balaban J connectivity index is 2.09. The number of benzene rings is 1. The van der Waals surface area contributed by atoms with E-state index in [-0.39, 0.29) is 5.84 Å². The number of rotatable bonds is 3. The van der Waals surface area contributed by atoms with Crippen LogP contribution in [0, 0.1) is 0 Å². The number of H-pyrrole nitrogens is 1. The SMILES string of the molecule is CC1(C)N=C(c2nc(C(F)(F)F)c(Oc3ccc(Cl)c(C(F)(F)F)c3)c(=O)[nH]2)NO1. The van der Waals surface area contributed by atoms with E-state index in [0.29, 0.717) is 6.07 Å². The van der Waals surface area contributed by atoms with Gasteiger partial charge in [-0.3, -0.25) is 4.79 Å². The fourth-order valence-electron chi connectivity index (χ4n) is 2.35. The second kappa shape index (κ2) is 7.16. The molecule has 1 aromatic heterocycles. The predicted molar refractivity (Wildman–Crippen MR) is 91.2 cm³/mol. The number of hydrogen-bond donors (Lipinski definition) is 2. The van der Waals surface area contributed by atoms with Gasteiger partial charge in [0.1, 0.15) is 5.75 Å². The van der Waals surface area contributed by atoms with E-state index in [0.717, 1.165) is 12.1 Å². The first-order valence-corrected chi connectivity index (χ1v) is 8.35. The monoisotopic (exact) mass is 456 g/mol. The first-order valence-electron chi connectivity index (χ1n) is 7.98. The van der Waals surface area contributed by atoms with E-state index in [9.17, 15) is 31.1 Å². The van der Waals surface area contributed by atoms with Crippen LogP contribution in [0.3, 0.4) is 0 Å². The number of halogens is 7. The van der Waals surface area contributed by atoms with Crippen LogP contribution in [0.5, 0.6) is 11.5 Å². The van der Waals surface area contributed by atoms with Crippen LogP contribution in [0.1, 0.15) is 30.9 Å². The van der Waals surface area contributed by atoms with Crippen molar-refractivity contribution < 1.29 is 35.9 Å². The van der Waals surface area contributed by atoms with Gasteiger partial charge in [0, 0.05) is 0 Å². The summed E-state index contributed by atoms with van der Waals surface area (Å²) in [6, 6.07) is 2.03. The Labute approximate surface area is 168 Å². The Morgan fingerprint density at radius 1 is 1.13 bits per heavy atom. The summed E-state index contributed by atoms with van der Waals surface area (Å²) >= 11 is 5.47. The number of hydroxylamine groups is 1. The second-order valence-corrected chi connectivity index (χ2v) is 6.85. The fourth-order valence-corrected chi connectivity index (χ4v) is 2.58. The number of amidine groups is 1. The highest BCUT2D eigenvalue weighted by Crippen LogP contribution is 2.39. The van der Waals surface area contributed by atoms with Gasteiger partial charge in [-0.1, -0.05) is 11.6 Å². The largest absolute Gasteiger partial charge is 0.449 e. The van der Waals surface area contributed by atoms with Crippen LogP contribution in [0.25, 0.3) is 0 Å². The molecule has 0 aliphatic carbocycles. The molecule has 0 saturated carbocycles. The number of aliphatic imine (C=N–C) groups is 1. The predicted octanol–water partition coefficient (Wildman–Crippen LogP) is 4.27. The fraction of sp³-hybridized carbons (Fsp3) is 0.312. The molecule has 0 amide bonds. The molecule has 1 aromatic carbocycles. The lowest BCUT2D eigenvalue weighted by Gasteiger charge is -2.15. The van der Waals surface area contributed by atoms with Crippen molar-refractivity contribution in [2.24, 2.45) is 4.99 Å². The third-order valence-corrected chi connectivity index (χ3v) is 3.94. The molecule has 3 rings (SSSR count). The summed E-state index contributed by atoms with van der Waals surface area (Å²) in [6.45, 7) is 2.98. The van der Waals surface area contributed by atoms with Gasteiger partial charge in [0.25, 0.3) is 5.56 Å². The number of ether oxygens (including phenoxy) is 1. The van der Waals surface area contributed by atoms with Crippen LogP contribution < -0.4 is 15.8 Å². The van der Waals surface area contributed by atoms with Crippen molar-refractivity contribution in [2.45, 2.75) is 31.9 Å². The lowest BCUT2D eigenvalue weighted by Crippen LogP contribution is -2.29. The molecule has 0 bridgehead atoms. The van der Waals surface area contributed by atoms with Gasteiger partial charge in [-0.05, 0) is 32.0 Å². The molecular formula is C16H11ClF6N4O3. The zero-order chi connectivity index (χ0) is 22.5. The molecule has 7 nitrogen and oxygen atoms in total. The first kappa shape index (κ1) is 21.9. The van der Waals surface area contributed by atoms with E-state index in [4.69, 9.17) is 21.2 Å². The molecular weight excluding hydrogens is 446 g/mol. The molecule has 2 N–H and O–H groups in total. The van der Waals surface area contributed by atoms with E-state index in [1.165, 1.54) is 13.8 Å². The molecule has 1 aliphatic heterocycles. The van der Waals surface area contributed by atoms with Crippen LogP contribution in [0.4, 0.5) is 26.3 Å². The highest BCUT2D eigenvalue weighted by Gasteiger charge is 2.40. The minimum Gasteiger partial charge on any atom is -0.449 e. The normalized spacial score (nSPS) is 16.2. The maximum absolute atomic E-state index is 13.5. The molecule has 0 spiro atoms. The standard InChI is InChI=1S/C16H11ClF6N4O3/c1-14(2)26-12(27-30-14)11-24-10(16(21,22)23)9(13(28)25-11)29-6-3-4-8(17)7(5-6)15(18,19)20/h3-5H,1-2H3,(H,26,27)(H,24,25,28). The molecule has 2 aromatic rings. The summed E-state index contributed by atoms with van der Waals surface area (Å²) in [6.07, 6.45) is -10.1. The zero-order valence-electron chi connectivity index (χ0n) is 15.0. The second-order valence-electron chi connectivity index (χ2n) is 6.44. The Hall–Kier alpha value is -2.80. The van der Waals surface area contributed by atoms with Gasteiger partial charge < -0.3 is 9.72 Å². The average molecular weight is 457 g/mol. The van der Waals surface area contributed by atoms with Crippen LogP contribution in [0.2, 0.25) is 5.02 Å². The Kier molecular flexibility index (Phi) is 5.23. The van der Waals surface area contributed by atoms with E-state index >= 15 is 0 Å². The summed E-state index contributed by atoms with van der Waals surface area (Å²) < 4.78 is 84.2. The zero-order valence-corrected chi connectivity index (χ0v) is 15.8. The molecule has 0 atom stereocenters. The van der Waals surface area contributed by atoms with E-state index < -0.39 is 57.2 Å². The van der Waals surface area contributed by atoms with Gasteiger partial charge in [-0.15, -0.1) is 0 Å². The number of hydrogen-bond acceptors (Lipinski definition) is 6. The van der Waals surface area contributed by atoms with Gasteiger partial charge in [-0.2, -0.15) is 26.3 Å². The van der Waals surface area contributed by atoms with Crippen LogP contribution in [-0.2, 0) is 17.2 Å². The molecule has 0 radical (unpaired) electrons. The van der Waals surface area contributed by atoms with E-state index in [2.05, 4.69) is 15.5 Å². The maximum atomic E-state index is 13.5. The van der Waals surface area contributed by atoms with Gasteiger partial charge in [0.2, 0.25) is 5.75 Å². The number of alkyl halides is 6. The van der Waals surface area contributed by atoms with Gasteiger partial charge >= 0.3 is 12.4 Å². The van der Waals surface area contributed by atoms with E-state index in [1.807, 2.05) is 4.98 Å². The number of aromatic amines is 1. The van der Waals surface area contributed by atoms with Crippen molar-refractivity contribution in [1.29, 1.82) is 0 Å². The first-order chi connectivity index (χ1) is 13.7. The Morgan fingerprint density at radius 3 is 2.33 bits per heavy atom. The van der Waals surface area contributed by atoms with E-state index in [1.54, 1.807) is 0 Å². The molecule has 162 valence electrons. The smallest absolute Gasteiger partial charge is 0.437 e. The van der Waals surface area contributed by atoms with Gasteiger partial charge in [0.15, 0.2) is 23.1 Å². The molecule has 14 heteroatoms. The van der Waals surface area contributed by atoms with Gasteiger partial charge in [0.05, 0.1) is 10.6 Å². The van der Waals surface area contributed by atoms with Gasteiger partial charge in [-0.25, -0.2) is 20.3 Å². The number of aromatic nitrogens is 2. The minimum atomic E-state index is -5.17. The number of nitrogens with zero attached hydrogens (tertiary/aromatic N) is 2. The lowest BCUT2D eigenvalue weighted by atomic mass is 10.2. The van der Waals surface area contributed by atoms with Crippen molar-refractivity contribution in [3.8, 4) is 11.5 Å². The highest BCUT2D eigenvalue weighted by atomic mass is 35.5. The maximum Gasteiger partial charge on any atom is 0.437 e. The van der Waals surface area contributed by atoms with Crippen molar-refractivity contribution >= 4 is 17.4 Å². The van der Waals surface area contributed by atoms with Crippen molar-refractivity contribution in [3.05, 3.63) is 50.7 Å². The molecule has 0 unspecified atom stereocenters. The topological polar surface area (TPSA) is 88.6 Å². The summed E-state index contributed by atoms with van der Waals surface area (Å²) in [7, 11) is 0. The summed E-state index contributed by atoms with van der Waals surface area (Å²) in [5, 5.41) is -0.693. The summed E-state index contributed by atoms with van der Waals surface area (Å²) in [4.78, 5) is 26.6. The molecule has 2 heterocycles. The van der Waals surface area contributed by atoms with Crippen LogP contribution >= 0.6 is 11.6 Å². The number of nitrogens with one attached hydrogen (secondary N) is 2. The Morgan fingerprint density at radius 2 is 1.80 bits per heavy atom. The van der Waals surface area contributed by atoms with Crippen LogP contribution in [0.15, 0.2) is 28.0 Å². The molecule has 30 heavy (non-hydrogen) atoms. The third kappa shape index (κ3) is 4.51. The quantitative estimate of drug-likeness (QED) is 0.673. The average Bonchev–Trinajstić information content (AvgIpc) is 2.96. The Bertz CT molecular complexity index is 1080. The minimum absolute atomic E-state index is 0.278.